The second-order valence-electron chi connectivity index (χ2n) is 11.5. The predicted octanol–water partition coefficient (Wildman–Crippen LogP) is 6.27. The van der Waals surface area contributed by atoms with Crippen LogP contribution in [0.25, 0.3) is 16.9 Å². The van der Waals surface area contributed by atoms with Crippen LogP contribution in [0.2, 0.25) is 0 Å². The van der Waals surface area contributed by atoms with E-state index in [0.717, 1.165) is 42.5 Å². The summed E-state index contributed by atoms with van der Waals surface area (Å²) in [6.07, 6.45) is 8.43. The summed E-state index contributed by atoms with van der Waals surface area (Å²) in [6.45, 7) is 0.452. The van der Waals surface area contributed by atoms with Gasteiger partial charge in [0.15, 0.2) is 0 Å². The van der Waals surface area contributed by atoms with Crippen LogP contribution in [0.15, 0.2) is 120 Å². The highest BCUT2D eigenvalue weighted by Crippen LogP contribution is 2.26. The van der Waals surface area contributed by atoms with Crippen LogP contribution in [0.1, 0.15) is 53.6 Å². The maximum Gasteiger partial charge on any atom is 0.329 e. The highest BCUT2D eigenvalue weighted by molar-refractivity contribution is 6.40. The molecule has 10 nitrogen and oxygen atoms in total. The van der Waals surface area contributed by atoms with E-state index in [1.165, 1.54) is 12.6 Å². The fourth-order valence-electron chi connectivity index (χ4n) is 5.56. The fraction of sp³-hybridized carbons (Fsp3) is 0.184. The van der Waals surface area contributed by atoms with Crippen LogP contribution in [0.5, 0.6) is 5.75 Å². The Balaban J connectivity index is 1.13. The summed E-state index contributed by atoms with van der Waals surface area (Å²) < 4.78 is 7.66. The zero-order chi connectivity index (χ0) is 33.1. The summed E-state index contributed by atoms with van der Waals surface area (Å²) in [5, 5.41) is 14.5. The SMILES string of the molecule is O=C(NN=Cc1cn(-c2ccccc2)nc1-c1ccc(OCc2ccccc2)cc1)C(=O)Nc1ccccc1C(=O)NC1CCCCC1. The number of carbonyl (C=O) groups is 3. The van der Waals surface area contributed by atoms with Crippen molar-refractivity contribution in [2.24, 2.45) is 5.10 Å². The first-order valence-corrected chi connectivity index (χ1v) is 16.0. The lowest BCUT2D eigenvalue weighted by Gasteiger charge is -2.23. The molecule has 0 unspecified atom stereocenters. The number of aromatic nitrogens is 2. The van der Waals surface area contributed by atoms with Gasteiger partial charge in [0, 0.05) is 23.4 Å². The minimum atomic E-state index is -0.981. The van der Waals surface area contributed by atoms with E-state index in [1.807, 2.05) is 84.9 Å². The zero-order valence-electron chi connectivity index (χ0n) is 26.3. The summed E-state index contributed by atoms with van der Waals surface area (Å²) in [7, 11) is 0. The van der Waals surface area contributed by atoms with Gasteiger partial charge in [0.25, 0.3) is 5.91 Å². The third-order valence-electron chi connectivity index (χ3n) is 8.08. The molecule has 0 aliphatic heterocycles. The first-order chi connectivity index (χ1) is 23.5. The normalized spacial score (nSPS) is 13.2. The van der Waals surface area contributed by atoms with Crippen molar-refractivity contribution in [1.29, 1.82) is 0 Å². The van der Waals surface area contributed by atoms with Gasteiger partial charge in [-0.2, -0.15) is 10.2 Å². The van der Waals surface area contributed by atoms with Crippen molar-refractivity contribution < 1.29 is 19.1 Å². The predicted molar refractivity (Wildman–Crippen MR) is 185 cm³/mol. The number of nitrogens with zero attached hydrogens (tertiary/aromatic N) is 3. The molecule has 1 aliphatic carbocycles. The number of nitrogens with one attached hydrogen (secondary N) is 3. The topological polar surface area (TPSA) is 127 Å². The lowest BCUT2D eigenvalue weighted by atomic mass is 9.95. The van der Waals surface area contributed by atoms with Gasteiger partial charge in [-0.05, 0) is 66.9 Å². The smallest absolute Gasteiger partial charge is 0.329 e. The molecule has 3 N–H and O–H groups in total. The molecule has 0 bridgehead atoms. The van der Waals surface area contributed by atoms with Crippen LogP contribution in [0.4, 0.5) is 5.69 Å². The average Bonchev–Trinajstić information content (AvgIpc) is 3.56. The van der Waals surface area contributed by atoms with Gasteiger partial charge in [0.05, 0.1) is 23.2 Å². The zero-order valence-corrected chi connectivity index (χ0v) is 26.3. The van der Waals surface area contributed by atoms with E-state index < -0.39 is 11.8 Å². The molecule has 1 saturated carbocycles. The van der Waals surface area contributed by atoms with Gasteiger partial charge in [0.2, 0.25) is 0 Å². The van der Waals surface area contributed by atoms with E-state index in [1.54, 1.807) is 35.1 Å². The maximum atomic E-state index is 13.0. The van der Waals surface area contributed by atoms with Crippen molar-refractivity contribution >= 4 is 29.6 Å². The molecule has 48 heavy (non-hydrogen) atoms. The van der Waals surface area contributed by atoms with Crippen molar-refractivity contribution in [3.8, 4) is 22.7 Å². The van der Waals surface area contributed by atoms with Crippen LogP contribution in [0.3, 0.4) is 0 Å². The molecule has 10 heteroatoms. The number of anilines is 1. The Morgan fingerprint density at radius 3 is 2.25 bits per heavy atom. The van der Waals surface area contributed by atoms with Crippen LogP contribution < -0.4 is 20.8 Å². The summed E-state index contributed by atoms with van der Waals surface area (Å²) in [5.41, 5.74) is 6.79. The summed E-state index contributed by atoms with van der Waals surface area (Å²) >= 11 is 0. The van der Waals surface area contributed by atoms with Gasteiger partial charge in [-0.15, -0.1) is 0 Å². The highest BCUT2D eigenvalue weighted by atomic mass is 16.5. The lowest BCUT2D eigenvalue weighted by Crippen LogP contribution is -2.37. The van der Waals surface area contributed by atoms with Gasteiger partial charge >= 0.3 is 11.8 Å². The van der Waals surface area contributed by atoms with Crippen molar-refractivity contribution in [1.82, 2.24) is 20.5 Å². The van der Waals surface area contributed by atoms with Crippen molar-refractivity contribution in [2.75, 3.05) is 5.32 Å². The van der Waals surface area contributed by atoms with E-state index in [9.17, 15) is 14.4 Å². The van der Waals surface area contributed by atoms with E-state index in [0.29, 0.717) is 29.2 Å². The van der Waals surface area contributed by atoms with Crippen LogP contribution in [-0.4, -0.2) is 39.8 Å². The minimum absolute atomic E-state index is 0.106. The molecule has 6 rings (SSSR count). The lowest BCUT2D eigenvalue weighted by molar-refractivity contribution is -0.136. The Labute approximate surface area is 278 Å². The monoisotopic (exact) mass is 640 g/mol. The number of amides is 3. The van der Waals surface area contributed by atoms with Crippen molar-refractivity contribution in [3.05, 3.63) is 132 Å². The second-order valence-corrected chi connectivity index (χ2v) is 11.5. The third-order valence-corrected chi connectivity index (χ3v) is 8.08. The first kappa shape index (κ1) is 31.9. The van der Waals surface area contributed by atoms with Crippen molar-refractivity contribution in [2.45, 2.75) is 44.8 Å². The van der Waals surface area contributed by atoms with Gasteiger partial charge in [-0.3, -0.25) is 14.4 Å². The number of hydrogen-bond acceptors (Lipinski definition) is 6. The number of hydrogen-bond donors (Lipinski definition) is 3. The molecular weight excluding hydrogens is 604 g/mol. The van der Waals surface area contributed by atoms with E-state index in [-0.39, 0.29) is 17.6 Å². The Kier molecular flexibility index (Phi) is 10.3. The molecule has 1 aliphatic rings. The maximum absolute atomic E-state index is 13.0. The average molecular weight is 641 g/mol. The largest absolute Gasteiger partial charge is 0.489 e. The van der Waals surface area contributed by atoms with Gasteiger partial charge in [-0.1, -0.05) is 79.9 Å². The Morgan fingerprint density at radius 1 is 0.812 bits per heavy atom. The second kappa shape index (κ2) is 15.5. The molecule has 0 spiro atoms. The number of hydrazone groups is 1. The molecule has 1 aromatic heterocycles. The number of rotatable bonds is 10. The van der Waals surface area contributed by atoms with E-state index >= 15 is 0 Å². The standard InChI is InChI=1S/C38H36N6O4/c45-36(40-30-14-6-2-7-15-30)33-18-10-11-19-34(33)41-37(46)38(47)42-39-24-29-25-44(31-16-8-3-9-17-31)43-35(29)28-20-22-32(23-21-28)48-26-27-12-4-1-5-13-27/h1,3-5,8-13,16-25,30H,2,6-7,14-15,26H2,(H,40,45)(H,41,46)(H,42,47). The van der Waals surface area contributed by atoms with Crippen LogP contribution in [0, 0.1) is 0 Å². The van der Waals surface area contributed by atoms with Crippen molar-refractivity contribution in [3.63, 3.8) is 0 Å². The van der Waals surface area contributed by atoms with Gasteiger partial charge < -0.3 is 15.4 Å². The molecule has 1 fully saturated rings. The Bertz CT molecular complexity index is 1880. The van der Waals surface area contributed by atoms with E-state index in [4.69, 9.17) is 9.84 Å². The quantitative estimate of drug-likeness (QED) is 0.0943. The van der Waals surface area contributed by atoms with E-state index in [2.05, 4.69) is 21.2 Å². The number of benzene rings is 4. The molecule has 4 aromatic carbocycles. The molecule has 0 saturated heterocycles. The molecule has 0 radical (unpaired) electrons. The number of para-hydroxylation sites is 2. The number of ether oxygens (including phenoxy) is 1. The number of carbonyl (C=O) groups excluding carboxylic acids is 3. The molecule has 0 atom stereocenters. The fourth-order valence-corrected chi connectivity index (χ4v) is 5.56. The molecule has 242 valence electrons. The van der Waals surface area contributed by atoms with Gasteiger partial charge in [-0.25, -0.2) is 10.1 Å². The van der Waals surface area contributed by atoms with Crippen LogP contribution in [-0.2, 0) is 16.2 Å². The summed E-state index contributed by atoms with van der Waals surface area (Å²) in [4.78, 5) is 38.5. The summed E-state index contributed by atoms with van der Waals surface area (Å²) in [5.74, 6) is -1.50. The highest BCUT2D eigenvalue weighted by Gasteiger charge is 2.21. The molecular formula is C38H36N6O4. The minimum Gasteiger partial charge on any atom is -0.489 e. The molecule has 5 aromatic rings. The Morgan fingerprint density at radius 2 is 1.50 bits per heavy atom. The van der Waals surface area contributed by atoms with Crippen LogP contribution >= 0.6 is 0 Å². The first-order valence-electron chi connectivity index (χ1n) is 16.0. The Hall–Kier alpha value is -6.03. The summed E-state index contributed by atoms with van der Waals surface area (Å²) in [6, 6.07) is 33.8. The molecule has 3 amide bonds. The molecule has 1 heterocycles. The van der Waals surface area contributed by atoms with Gasteiger partial charge in [0.1, 0.15) is 18.1 Å². The third kappa shape index (κ3) is 8.21.